The van der Waals surface area contributed by atoms with Gasteiger partial charge in [-0.2, -0.15) is 5.10 Å². The molecule has 218 valence electrons. The van der Waals surface area contributed by atoms with Crippen LogP contribution in [0, 0.1) is 5.92 Å². The van der Waals surface area contributed by atoms with E-state index in [0.717, 1.165) is 47.0 Å². The summed E-state index contributed by atoms with van der Waals surface area (Å²) in [5.74, 6) is -0.342. The molecular weight excluding hydrogens is 554 g/mol. The Labute approximate surface area is 249 Å². The molecule has 1 N–H and O–H groups in total. The number of hydrogen-bond donors (Lipinski definition) is 1. The van der Waals surface area contributed by atoms with Crippen molar-refractivity contribution in [3.05, 3.63) is 99.1 Å². The summed E-state index contributed by atoms with van der Waals surface area (Å²) in [6.45, 7) is 2.26. The molecule has 6 rings (SSSR count). The number of pyridine rings is 1. The Morgan fingerprint density at radius 2 is 1.81 bits per heavy atom. The second-order valence-electron chi connectivity index (χ2n) is 11.1. The van der Waals surface area contributed by atoms with Crippen LogP contribution in [0.1, 0.15) is 55.2 Å². The van der Waals surface area contributed by atoms with E-state index in [2.05, 4.69) is 5.32 Å². The van der Waals surface area contributed by atoms with Crippen molar-refractivity contribution in [2.45, 2.75) is 58.0 Å². The molecule has 2 atom stereocenters. The molecular formula is C32H34ClN5O4. The molecule has 2 aliphatic heterocycles. The van der Waals surface area contributed by atoms with Crippen molar-refractivity contribution >= 4 is 34.3 Å². The number of ether oxygens (including phenoxy) is 1. The number of fused-ring (bicyclic) bond motifs is 1. The van der Waals surface area contributed by atoms with E-state index < -0.39 is 0 Å². The van der Waals surface area contributed by atoms with Crippen LogP contribution in [0.15, 0.2) is 71.7 Å². The third-order valence-electron chi connectivity index (χ3n) is 8.12. The molecule has 2 unspecified atom stereocenters. The smallest absolute Gasteiger partial charge is 0.250 e. The average Bonchev–Trinajstić information content (AvgIpc) is 3.37. The fourth-order valence-corrected chi connectivity index (χ4v) is 5.97. The first-order valence-corrected chi connectivity index (χ1v) is 14.9. The van der Waals surface area contributed by atoms with Gasteiger partial charge in [-0.3, -0.25) is 14.4 Å². The quantitative estimate of drug-likeness (QED) is 0.323. The molecule has 10 heteroatoms. The normalized spacial score (nSPS) is 19.3. The number of carbonyl (C=O) groups is 2. The first-order valence-electron chi connectivity index (χ1n) is 14.5. The predicted octanol–water partition coefficient (Wildman–Crippen LogP) is 4.65. The molecule has 2 fully saturated rings. The average molecular weight is 588 g/mol. The molecule has 2 saturated heterocycles. The van der Waals surface area contributed by atoms with Crippen molar-refractivity contribution in [2.75, 3.05) is 13.2 Å². The maximum Gasteiger partial charge on any atom is 0.250 e. The van der Waals surface area contributed by atoms with E-state index in [0.29, 0.717) is 44.1 Å². The summed E-state index contributed by atoms with van der Waals surface area (Å²) in [5, 5.41) is 9.41. The van der Waals surface area contributed by atoms with Gasteiger partial charge in [-0.1, -0.05) is 41.9 Å². The number of benzene rings is 2. The lowest BCUT2D eigenvalue weighted by molar-refractivity contribution is -0.139. The topological polar surface area (TPSA) is 98.5 Å². The lowest BCUT2D eigenvalue weighted by atomic mass is 9.96. The summed E-state index contributed by atoms with van der Waals surface area (Å²) in [6.07, 6.45) is 5.52. The fraction of sp³-hybridized carbons (Fsp3) is 0.375. The Hall–Kier alpha value is -3.95. The van der Waals surface area contributed by atoms with E-state index in [4.69, 9.17) is 21.4 Å². The summed E-state index contributed by atoms with van der Waals surface area (Å²) < 4.78 is 9.54. The number of amides is 2. The van der Waals surface area contributed by atoms with Gasteiger partial charge in [0, 0.05) is 48.8 Å². The maximum atomic E-state index is 13.3. The third-order valence-corrected chi connectivity index (χ3v) is 8.36. The number of halogens is 1. The van der Waals surface area contributed by atoms with Crippen molar-refractivity contribution in [2.24, 2.45) is 5.92 Å². The van der Waals surface area contributed by atoms with E-state index >= 15 is 0 Å². The monoisotopic (exact) mass is 587 g/mol. The number of rotatable bonds is 8. The highest BCUT2D eigenvalue weighted by molar-refractivity contribution is 6.31. The molecule has 4 aromatic rings. The molecule has 42 heavy (non-hydrogen) atoms. The van der Waals surface area contributed by atoms with Crippen LogP contribution in [0.25, 0.3) is 10.9 Å². The van der Waals surface area contributed by atoms with Gasteiger partial charge >= 0.3 is 0 Å². The zero-order valence-corrected chi connectivity index (χ0v) is 24.1. The van der Waals surface area contributed by atoms with Crippen LogP contribution in [0.4, 0.5) is 0 Å². The van der Waals surface area contributed by atoms with Gasteiger partial charge in [-0.15, -0.1) is 0 Å². The van der Waals surface area contributed by atoms with Gasteiger partial charge in [0.25, 0.3) is 5.56 Å². The van der Waals surface area contributed by atoms with Crippen LogP contribution in [0.3, 0.4) is 0 Å². The Kier molecular flexibility index (Phi) is 8.39. The van der Waals surface area contributed by atoms with Crippen LogP contribution in [-0.4, -0.2) is 44.2 Å². The third kappa shape index (κ3) is 6.27. The Morgan fingerprint density at radius 3 is 2.57 bits per heavy atom. The molecule has 9 nitrogen and oxygen atoms in total. The van der Waals surface area contributed by atoms with E-state index in [1.165, 1.54) is 0 Å². The minimum Gasteiger partial charge on any atom is -0.356 e. The molecule has 0 bridgehead atoms. The van der Waals surface area contributed by atoms with Crippen molar-refractivity contribution in [3.8, 4) is 0 Å². The number of likely N-dealkylation sites (tertiary alicyclic amines) is 1. The van der Waals surface area contributed by atoms with Crippen molar-refractivity contribution in [1.82, 2.24) is 24.6 Å². The molecule has 0 spiro atoms. The van der Waals surface area contributed by atoms with E-state index in [1.54, 1.807) is 27.8 Å². The van der Waals surface area contributed by atoms with Crippen LogP contribution in [0.5, 0.6) is 0 Å². The van der Waals surface area contributed by atoms with Crippen LogP contribution in [-0.2, 0) is 34.0 Å². The van der Waals surface area contributed by atoms with E-state index in [1.807, 2.05) is 53.2 Å². The minimum absolute atomic E-state index is 0.0471. The summed E-state index contributed by atoms with van der Waals surface area (Å²) in [4.78, 5) is 39.8. The van der Waals surface area contributed by atoms with Gasteiger partial charge in [0.15, 0.2) is 6.23 Å². The van der Waals surface area contributed by atoms with Gasteiger partial charge < -0.3 is 19.5 Å². The molecule has 0 aliphatic carbocycles. The maximum absolute atomic E-state index is 13.3. The fourth-order valence-electron chi connectivity index (χ4n) is 5.80. The second kappa shape index (κ2) is 12.5. The van der Waals surface area contributed by atoms with Gasteiger partial charge in [0.1, 0.15) is 0 Å². The molecule has 0 radical (unpaired) electrons. The SMILES string of the molecule is O=C(NCc1nn(C2CCCCO2)c2ccc(Cl)cc12)C1CCC(=O)N(Cc2ccc(Cn3ccccc3=O)cc2)C1. The van der Waals surface area contributed by atoms with Crippen molar-refractivity contribution in [3.63, 3.8) is 0 Å². The highest BCUT2D eigenvalue weighted by Gasteiger charge is 2.30. The Morgan fingerprint density at radius 1 is 1.00 bits per heavy atom. The van der Waals surface area contributed by atoms with Crippen LogP contribution < -0.4 is 10.9 Å². The summed E-state index contributed by atoms with van der Waals surface area (Å²) in [5.41, 5.74) is 3.62. The molecule has 2 aromatic carbocycles. The predicted molar refractivity (Wildman–Crippen MR) is 160 cm³/mol. The number of aromatic nitrogens is 3. The van der Waals surface area contributed by atoms with Crippen molar-refractivity contribution in [1.29, 1.82) is 0 Å². The highest BCUT2D eigenvalue weighted by Crippen LogP contribution is 2.30. The molecule has 2 aliphatic rings. The summed E-state index contributed by atoms with van der Waals surface area (Å²) >= 11 is 6.31. The zero-order chi connectivity index (χ0) is 29.1. The minimum atomic E-state index is -0.300. The van der Waals surface area contributed by atoms with Gasteiger partial charge in [-0.05, 0) is 61.1 Å². The second-order valence-corrected chi connectivity index (χ2v) is 11.5. The Bertz CT molecular complexity index is 1640. The molecule has 0 saturated carbocycles. The van der Waals surface area contributed by atoms with Crippen LogP contribution in [0.2, 0.25) is 5.02 Å². The number of piperidine rings is 1. The molecule has 2 aromatic heterocycles. The van der Waals surface area contributed by atoms with Gasteiger partial charge in [-0.25, -0.2) is 4.68 Å². The number of nitrogens with zero attached hydrogens (tertiary/aromatic N) is 4. The van der Waals surface area contributed by atoms with Gasteiger partial charge in [0.2, 0.25) is 11.8 Å². The lowest BCUT2D eigenvalue weighted by Crippen LogP contribution is -2.45. The van der Waals surface area contributed by atoms with E-state index in [9.17, 15) is 14.4 Å². The first kappa shape index (κ1) is 28.2. The Balaban J connectivity index is 1.09. The van der Waals surface area contributed by atoms with Crippen LogP contribution >= 0.6 is 11.6 Å². The zero-order valence-electron chi connectivity index (χ0n) is 23.4. The summed E-state index contributed by atoms with van der Waals surface area (Å²) in [7, 11) is 0. The summed E-state index contributed by atoms with van der Waals surface area (Å²) in [6, 6.07) is 18.7. The lowest BCUT2D eigenvalue weighted by Gasteiger charge is -2.32. The standard InChI is InChI=1S/C32H34ClN5O4/c33-25-12-13-28-26(17-25)27(35-38(28)31-6-2-4-16-42-31)18-34-32(41)24-11-14-30(40)37(21-24)20-23-9-7-22(8-10-23)19-36-15-3-1-5-29(36)39/h1,3,5,7-10,12-13,15,17,24,31H,2,4,6,11,14,16,18-21H2,(H,34,41). The number of nitrogens with one attached hydrogen (secondary N) is 1. The highest BCUT2D eigenvalue weighted by atomic mass is 35.5. The number of carbonyl (C=O) groups excluding carboxylic acids is 2. The largest absolute Gasteiger partial charge is 0.356 e. The molecule has 2 amide bonds. The first-order chi connectivity index (χ1) is 20.4. The van der Waals surface area contributed by atoms with Crippen molar-refractivity contribution < 1.29 is 14.3 Å². The van der Waals surface area contributed by atoms with Gasteiger partial charge in [0.05, 0.1) is 30.2 Å². The molecule has 4 heterocycles. The number of hydrogen-bond acceptors (Lipinski definition) is 5. The van der Waals surface area contributed by atoms with E-state index in [-0.39, 0.29) is 36.1 Å².